The van der Waals surface area contributed by atoms with E-state index in [1.165, 1.54) is 23.2 Å². The van der Waals surface area contributed by atoms with Crippen LogP contribution in [0.5, 0.6) is 5.75 Å². The number of carboxylic acids is 1. The van der Waals surface area contributed by atoms with Crippen LogP contribution in [0, 0.1) is 18.8 Å². The van der Waals surface area contributed by atoms with E-state index in [4.69, 9.17) is 9.72 Å². The Balaban J connectivity index is 0.00000139. The number of alkyl halides is 3. The summed E-state index contributed by atoms with van der Waals surface area (Å²) < 4.78 is 49.2. The summed E-state index contributed by atoms with van der Waals surface area (Å²) >= 11 is 3.54. The highest BCUT2D eigenvalue weighted by Gasteiger charge is 2.40. The first-order valence-corrected chi connectivity index (χ1v) is 16.6. The number of aryl methyl sites for hydroxylation is 2. The number of imidazole rings is 1. The molecule has 4 atom stereocenters. The first-order valence-electron chi connectivity index (χ1n) is 16.1. The van der Waals surface area contributed by atoms with Gasteiger partial charge in [-0.25, -0.2) is 4.98 Å². The van der Waals surface area contributed by atoms with Crippen molar-refractivity contribution in [3.05, 3.63) is 83.2 Å². The summed E-state index contributed by atoms with van der Waals surface area (Å²) in [6, 6.07) is 17.2. The zero-order valence-electron chi connectivity index (χ0n) is 27.0. The Morgan fingerprint density at radius 1 is 1.06 bits per heavy atom. The number of hydrogen-bond acceptors (Lipinski definition) is 6. The maximum Gasteiger partial charge on any atom is 0.416 e. The molecule has 0 bridgehead atoms. The van der Waals surface area contributed by atoms with E-state index in [1.54, 1.807) is 7.05 Å². The molecule has 3 aromatic carbocycles. The van der Waals surface area contributed by atoms with Crippen molar-refractivity contribution in [3.63, 3.8) is 0 Å². The minimum Gasteiger partial charge on any atom is -0.493 e. The van der Waals surface area contributed by atoms with Gasteiger partial charge in [-0.2, -0.15) is 13.2 Å². The second-order valence-corrected chi connectivity index (χ2v) is 13.0. The normalized spacial score (nSPS) is 21.6. The number of nitrogens with zero attached hydrogens (tertiary/aromatic N) is 2. The third kappa shape index (κ3) is 7.96. The highest BCUT2D eigenvalue weighted by Crippen LogP contribution is 2.43. The highest BCUT2D eigenvalue weighted by molar-refractivity contribution is 7.78. The van der Waals surface area contributed by atoms with Crippen LogP contribution in [0.2, 0.25) is 0 Å². The van der Waals surface area contributed by atoms with Crippen molar-refractivity contribution in [1.82, 2.24) is 19.6 Å². The number of nitrogens with one attached hydrogen (secondary N) is 2. The van der Waals surface area contributed by atoms with Crippen molar-refractivity contribution in [2.24, 2.45) is 18.9 Å². The van der Waals surface area contributed by atoms with Gasteiger partial charge >= 0.3 is 12.1 Å². The van der Waals surface area contributed by atoms with Crippen LogP contribution in [0.15, 0.2) is 60.7 Å². The third-order valence-corrected chi connectivity index (χ3v) is 9.59. The molecule has 2 heterocycles. The SMILES string of the molecule is CNS.Cc1nc2cc(-c3ccc([C@@H]4CCC[C@H](COc5ccc(C(F)(F)F)cc5)C4C(=O)O)cc3)cc([C@H]3CCCNC3)c2n1C. The molecule has 0 radical (unpaired) electrons. The maximum atomic E-state index is 12.9. The minimum absolute atomic E-state index is 0.138. The van der Waals surface area contributed by atoms with Gasteiger partial charge in [-0.15, -0.1) is 0 Å². The second-order valence-electron chi connectivity index (χ2n) is 12.5. The first kappa shape index (κ1) is 34.8. The smallest absolute Gasteiger partial charge is 0.416 e. The van der Waals surface area contributed by atoms with Gasteiger partial charge in [-0.1, -0.05) is 43.5 Å². The van der Waals surface area contributed by atoms with Gasteiger partial charge in [0, 0.05) is 19.5 Å². The predicted molar refractivity (Wildman–Crippen MR) is 182 cm³/mol. The number of halogens is 3. The lowest BCUT2D eigenvalue weighted by molar-refractivity contribution is -0.146. The minimum atomic E-state index is -4.42. The van der Waals surface area contributed by atoms with E-state index in [0.29, 0.717) is 18.1 Å². The van der Waals surface area contributed by atoms with Crippen molar-refractivity contribution in [1.29, 1.82) is 0 Å². The van der Waals surface area contributed by atoms with Gasteiger partial charge in [0.15, 0.2) is 0 Å². The van der Waals surface area contributed by atoms with E-state index in [1.807, 2.05) is 19.1 Å². The van der Waals surface area contributed by atoms with Crippen molar-refractivity contribution in [3.8, 4) is 16.9 Å². The lowest BCUT2D eigenvalue weighted by atomic mass is 9.69. The van der Waals surface area contributed by atoms with Crippen molar-refractivity contribution >= 4 is 29.8 Å². The standard InChI is InChI=1S/C35H38F3N3O3.CH5NS/c1-21-40-31-18-26(17-30(33(31)41(21)2)24-6-4-16-39-19-24)22-8-10-23(11-9-22)29-7-3-5-25(32(29)34(42)43)20-44-28-14-12-27(13-15-28)35(36,37)38;1-2-3/h8-15,17-18,24-25,29,32,39H,3-7,16,19-20H2,1-2H3,(H,42,43);2-3H,1H3/t24-,25+,29-,32?;/m0./s1. The van der Waals surface area contributed by atoms with E-state index < -0.39 is 23.6 Å². The Labute approximate surface area is 279 Å². The Kier molecular flexibility index (Phi) is 11.2. The van der Waals surface area contributed by atoms with Gasteiger partial charge in [-0.05, 0) is 117 Å². The molecule has 7 nitrogen and oxygen atoms in total. The molecule has 1 aliphatic carbocycles. The van der Waals surface area contributed by atoms with Gasteiger partial charge < -0.3 is 19.7 Å². The summed E-state index contributed by atoms with van der Waals surface area (Å²) in [5.41, 5.74) is 5.89. The number of aliphatic carboxylic acids is 1. The molecule has 252 valence electrons. The number of ether oxygens (including phenoxy) is 1. The van der Waals surface area contributed by atoms with Gasteiger partial charge in [0.05, 0.1) is 29.1 Å². The second kappa shape index (κ2) is 15.1. The molecule has 4 aromatic rings. The third-order valence-electron chi connectivity index (χ3n) is 9.59. The van der Waals surface area contributed by atoms with E-state index >= 15 is 0 Å². The maximum absolute atomic E-state index is 12.9. The predicted octanol–water partition coefficient (Wildman–Crippen LogP) is 7.75. The summed E-state index contributed by atoms with van der Waals surface area (Å²) in [6.07, 6.45) is 0.158. The Morgan fingerprint density at radius 3 is 2.38 bits per heavy atom. The number of aromatic nitrogens is 2. The monoisotopic (exact) mass is 668 g/mol. The largest absolute Gasteiger partial charge is 0.493 e. The number of carbonyl (C=O) groups is 1. The van der Waals surface area contributed by atoms with Gasteiger partial charge in [-0.3, -0.25) is 9.52 Å². The molecule has 1 unspecified atom stereocenters. The topological polar surface area (TPSA) is 88.4 Å². The van der Waals surface area contributed by atoms with Crippen molar-refractivity contribution in [2.75, 3.05) is 26.7 Å². The van der Waals surface area contributed by atoms with Crippen LogP contribution in [0.1, 0.15) is 66.5 Å². The highest BCUT2D eigenvalue weighted by atomic mass is 32.1. The fourth-order valence-corrected chi connectivity index (χ4v) is 7.19. The number of benzene rings is 3. The molecule has 2 fully saturated rings. The number of fused-ring (bicyclic) bond motifs is 1. The van der Waals surface area contributed by atoms with E-state index in [2.05, 4.69) is 58.7 Å². The average molecular weight is 669 g/mol. The van der Waals surface area contributed by atoms with Crippen molar-refractivity contribution < 1.29 is 27.8 Å². The van der Waals surface area contributed by atoms with Crippen LogP contribution < -0.4 is 14.8 Å². The summed E-state index contributed by atoms with van der Waals surface area (Å²) in [4.78, 5) is 17.4. The van der Waals surface area contributed by atoms with Gasteiger partial charge in [0.1, 0.15) is 11.6 Å². The van der Waals surface area contributed by atoms with Crippen LogP contribution in [0.4, 0.5) is 13.2 Å². The van der Waals surface area contributed by atoms with E-state index in [9.17, 15) is 23.1 Å². The summed E-state index contributed by atoms with van der Waals surface area (Å²) in [6.45, 7) is 4.16. The quantitative estimate of drug-likeness (QED) is 0.151. The van der Waals surface area contributed by atoms with Crippen LogP contribution in [-0.4, -0.2) is 47.4 Å². The first-order chi connectivity index (χ1) is 22.5. The Hall–Kier alpha value is -3.54. The fourth-order valence-electron chi connectivity index (χ4n) is 7.19. The van der Waals surface area contributed by atoms with E-state index in [0.717, 1.165) is 78.9 Å². The number of hydrogen-bond donors (Lipinski definition) is 4. The molecule has 11 heteroatoms. The van der Waals surface area contributed by atoms with Crippen LogP contribution >= 0.6 is 12.8 Å². The van der Waals surface area contributed by atoms with Crippen LogP contribution in [0.3, 0.4) is 0 Å². The molecular weight excluding hydrogens is 625 g/mol. The molecule has 1 aromatic heterocycles. The molecule has 47 heavy (non-hydrogen) atoms. The molecule has 1 saturated carbocycles. The number of carboxylic acid groups (broad SMARTS) is 1. The van der Waals surface area contributed by atoms with Crippen LogP contribution in [-0.2, 0) is 18.0 Å². The molecule has 6 rings (SSSR count). The lowest BCUT2D eigenvalue weighted by Gasteiger charge is -2.36. The van der Waals surface area contributed by atoms with Gasteiger partial charge in [0.25, 0.3) is 0 Å². The Bertz CT molecular complexity index is 1650. The lowest BCUT2D eigenvalue weighted by Crippen LogP contribution is -2.36. The Morgan fingerprint density at radius 2 is 1.77 bits per heavy atom. The summed E-state index contributed by atoms with van der Waals surface area (Å²) in [5, 5.41) is 13.8. The molecule has 0 amide bonds. The summed E-state index contributed by atoms with van der Waals surface area (Å²) in [7, 11) is 3.81. The number of rotatable bonds is 7. The molecule has 1 saturated heterocycles. The van der Waals surface area contributed by atoms with Crippen LogP contribution in [0.25, 0.3) is 22.2 Å². The van der Waals surface area contributed by atoms with Gasteiger partial charge in [0.2, 0.25) is 0 Å². The zero-order valence-corrected chi connectivity index (χ0v) is 27.9. The number of piperidine rings is 1. The number of thiol groups is 1. The fraction of sp³-hybridized carbons (Fsp3) is 0.444. The van der Waals surface area contributed by atoms with Crippen molar-refractivity contribution in [2.45, 2.75) is 57.0 Å². The summed E-state index contributed by atoms with van der Waals surface area (Å²) in [5.74, 6) is -0.260. The molecular formula is C36H43F3N4O3S. The molecule has 0 spiro atoms. The average Bonchev–Trinajstić information content (AvgIpc) is 3.36. The molecule has 1 aliphatic heterocycles. The zero-order chi connectivity index (χ0) is 33.7. The van der Waals surface area contributed by atoms with E-state index in [-0.39, 0.29) is 18.4 Å². The molecule has 3 N–H and O–H groups in total. The molecule has 2 aliphatic rings.